The average Bonchev–Trinajstić information content (AvgIpc) is 0.874. The van der Waals surface area contributed by atoms with Gasteiger partial charge in [-0.2, -0.15) is 0 Å². The molecule has 0 amide bonds. The molecule has 18 heteroatoms. The summed E-state index contributed by atoms with van der Waals surface area (Å²) < 4.78 is 55.8. The van der Waals surface area contributed by atoms with Crippen molar-refractivity contribution >= 4 is 11.8 Å². The molecule has 7 aromatic rings. The lowest BCUT2D eigenvalue weighted by Gasteiger charge is -2.23. The number of halogens is 1. The molecule has 0 saturated heterocycles. The van der Waals surface area contributed by atoms with Crippen LogP contribution >= 0.6 is 11.8 Å². The van der Waals surface area contributed by atoms with E-state index >= 15 is 0 Å². The van der Waals surface area contributed by atoms with Gasteiger partial charge in [0, 0.05) is 35.1 Å². The molecule has 0 unspecified atom stereocenters. The van der Waals surface area contributed by atoms with Crippen LogP contribution in [0.1, 0.15) is 174 Å². The molecule has 0 radical (unpaired) electrons. The summed E-state index contributed by atoms with van der Waals surface area (Å²) in [6, 6.07) is 51.0. The molecule has 105 heavy (non-hydrogen) atoms. The Kier molecular flexibility index (Phi) is 56.4. The normalized spacial score (nSPS) is 14.6. The van der Waals surface area contributed by atoms with Gasteiger partial charge >= 0.3 is 0 Å². The summed E-state index contributed by atoms with van der Waals surface area (Å²) in [7, 11) is 0. The van der Waals surface area contributed by atoms with Gasteiger partial charge in [0.1, 0.15) is 55.2 Å². The number of aliphatic hydroxyl groups excluding tert-OH is 8. The van der Waals surface area contributed by atoms with Gasteiger partial charge in [-0.3, -0.25) is 0 Å². The molecule has 8 N–H and O–H groups in total. The van der Waals surface area contributed by atoms with Crippen molar-refractivity contribution in [3.05, 3.63) is 192 Å². The van der Waals surface area contributed by atoms with Gasteiger partial charge in [0.2, 0.25) is 0 Å². The van der Waals surface area contributed by atoms with Gasteiger partial charge < -0.3 is 78.7 Å². The van der Waals surface area contributed by atoms with Gasteiger partial charge in [-0.1, -0.05) is 191 Å². The Hall–Kier alpha value is -7.10. The molecule has 0 bridgehead atoms. The number of hydrogen-bond donors (Lipinski definition) is 8. The minimum atomic E-state index is -0.363. The molecular formula is C87H129FO16S. The molecule has 2 aliphatic carbocycles. The highest BCUT2D eigenvalue weighted by atomic mass is 32.2. The lowest BCUT2D eigenvalue weighted by atomic mass is 9.84. The summed E-state index contributed by atoms with van der Waals surface area (Å²) in [5, 5.41) is 70.2. The largest absolute Gasteiger partial charge is 0.494 e. The second kappa shape index (κ2) is 63.0. The van der Waals surface area contributed by atoms with Crippen LogP contribution in [0.15, 0.2) is 174 Å². The van der Waals surface area contributed by atoms with E-state index in [9.17, 15) is 9.50 Å². The second-order valence-electron chi connectivity index (χ2n) is 25.5. The molecule has 586 valence electrons. The molecule has 2 fully saturated rings. The molecule has 0 aliphatic heterocycles. The Labute approximate surface area is 633 Å². The van der Waals surface area contributed by atoms with Gasteiger partial charge in [-0.15, -0.1) is 0 Å². The first-order chi connectivity index (χ1) is 51.3. The Morgan fingerprint density at radius 2 is 0.743 bits per heavy atom. The summed E-state index contributed by atoms with van der Waals surface area (Å²) in [6.07, 6.45) is 19.8. The molecule has 0 heterocycles. The van der Waals surface area contributed by atoms with Crippen molar-refractivity contribution in [1.29, 1.82) is 0 Å². The fourth-order valence-electron chi connectivity index (χ4n) is 10.4. The van der Waals surface area contributed by atoms with Crippen molar-refractivity contribution in [2.75, 3.05) is 92.5 Å². The number of aryl methyl sites for hydroxylation is 2. The Morgan fingerprint density at radius 3 is 1.23 bits per heavy atom. The van der Waals surface area contributed by atoms with E-state index < -0.39 is 0 Å². The van der Waals surface area contributed by atoms with Crippen molar-refractivity contribution in [2.24, 2.45) is 23.7 Å². The number of hydrogen-bond acceptors (Lipinski definition) is 17. The first-order valence-electron chi connectivity index (χ1n) is 38.2. The Balaban J connectivity index is 0.000000410. The monoisotopic (exact) mass is 1480 g/mol. The van der Waals surface area contributed by atoms with E-state index in [0.29, 0.717) is 81.9 Å². The van der Waals surface area contributed by atoms with E-state index in [1.54, 1.807) is 11.8 Å². The van der Waals surface area contributed by atoms with Crippen LogP contribution in [0.5, 0.6) is 46.0 Å². The fraction of sp³-hybridized carbons (Fsp3) is 0.517. The van der Waals surface area contributed by atoms with E-state index in [2.05, 4.69) is 84.9 Å². The summed E-state index contributed by atoms with van der Waals surface area (Å²) >= 11 is 1.73. The zero-order valence-corrected chi connectivity index (χ0v) is 65.2. The van der Waals surface area contributed by atoms with Crippen LogP contribution in [0.2, 0.25) is 0 Å². The molecule has 9 rings (SSSR count). The Morgan fingerprint density at radius 1 is 0.343 bits per heavy atom. The van der Waals surface area contributed by atoms with E-state index in [-0.39, 0.29) is 52.1 Å². The van der Waals surface area contributed by atoms with Crippen LogP contribution in [-0.2, 0) is 26.1 Å². The number of benzene rings is 7. The van der Waals surface area contributed by atoms with E-state index in [1.807, 2.05) is 116 Å². The predicted octanol–water partition coefficient (Wildman–Crippen LogP) is 17.9. The second-order valence-corrected chi connectivity index (χ2v) is 26.6. The molecule has 2 saturated carbocycles. The smallest absolute Gasteiger partial charge is 0.164 e. The highest BCUT2D eigenvalue weighted by Gasteiger charge is 2.18. The molecule has 0 spiro atoms. The zero-order valence-electron chi connectivity index (χ0n) is 64.4. The van der Waals surface area contributed by atoms with Gasteiger partial charge in [-0.05, 0) is 183 Å². The highest BCUT2D eigenvalue weighted by molar-refractivity contribution is 7.99. The predicted molar refractivity (Wildman–Crippen MR) is 424 cm³/mol. The van der Waals surface area contributed by atoms with Gasteiger partial charge in [0.25, 0.3) is 0 Å². The maximum atomic E-state index is 12.9. The molecule has 0 atom stereocenters. The van der Waals surface area contributed by atoms with Crippen molar-refractivity contribution < 1.29 is 83.1 Å². The molecule has 2 aliphatic rings. The summed E-state index contributed by atoms with van der Waals surface area (Å²) in [4.78, 5) is 2.41. The lowest BCUT2D eigenvalue weighted by molar-refractivity contribution is 0.172. The molecule has 7 aromatic carbocycles. The fourth-order valence-corrected chi connectivity index (χ4v) is 11.5. The van der Waals surface area contributed by atoms with Crippen LogP contribution in [0.25, 0.3) is 0 Å². The number of unbranched alkanes of at least 4 members (excludes halogenated alkanes) is 2. The lowest BCUT2D eigenvalue weighted by Crippen LogP contribution is -2.14. The maximum absolute atomic E-state index is 12.9. The van der Waals surface area contributed by atoms with Crippen LogP contribution in [0.4, 0.5) is 4.39 Å². The third-order valence-electron chi connectivity index (χ3n) is 16.5. The van der Waals surface area contributed by atoms with E-state index in [1.165, 1.54) is 98.4 Å². The average molecular weight is 1480 g/mol. The SMILES string of the molecule is CC1CCC(CO)CC1.CC1CCC(CO)CC1.CCCCOc1cccc(CO)c1.CCCCc1ccccc1OCCO.CCCOc1cc(F)ccc1OCCO.CCCOc1cccc(OCCO)c1.CCCOc1ccccc1OCCO.CCc1ccccc1Sc1ccccc1CO. The maximum Gasteiger partial charge on any atom is 0.164 e. The summed E-state index contributed by atoms with van der Waals surface area (Å²) in [5.41, 5.74) is 4.48. The van der Waals surface area contributed by atoms with Crippen molar-refractivity contribution in [3.63, 3.8) is 0 Å². The van der Waals surface area contributed by atoms with Crippen molar-refractivity contribution in [3.8, 4) is 46.0 Å². The van der Waals surface area contributed by atoms with Gasteiger partial charge in [0.15, 0.2) is 23.0 Å². The van der Waals surface area contributed by atoms with Crippen LogP contribution in [-0.4, -0.2) is 133 Å². The molecule has 0 aromatic heterocycles. The number of aliphatic hydroxyl groups is 8. The van der Waals surface area contributed by atoms with Crippen LogP contribution < -0.4 is 37.9 Å². The molecule has 16 nitrogen and oxygen atoms in total. The van der Waals surface area contributed by atoms with Gasteiger partial charge in [-0.25, -0.2) is 4.39 Å². The van der Waals surface area contributed by atoms with Gasteiger partial charge in [0.05, 0.1) is 66.1 Å². The number of para-hydroxylation sites is 3. The quantitative estimate of drug-likeness (QED) is 0.0172. The van der Waals surface area contributed by atoms with E-state index in [0.717, 1.165) is 108 Å². The molecular weight excluding hydrogens is 1350 g/mol. The Bertz CT molecular complexity index is 2980. The standard InChI is InChI=1S/C15H16OS.C12H18O2.C11H15FO3.2C11H16O3.C11H16O2.2C8H16O/c1-2-12-7-3-5-9-14(12)17-15-10-6-4-8-13(15)11-16;1-2-3-6-11-7-4-5-8-12(11)14-10-9-13;1-2-6-14-11-8-9(12)3-4-10(11)15-7-5-13;1-2-7-13-10-4-3-5-11(9-10)14-8-6-12;1-2-8-13-10-5-3-4-6-11(10)14-9-7-12;1-2-3-7-13-11-6-4-5-10(8-11)9-12;2*1-7-2-4-8(6-9)5-3-7/h3-10,16H,2,11H2,1H3;4-5,7-8,13H,2-3,6,9-10H2,1H3;3-4,8,13H,2,5-7H2,1H3;3-5,9,12H,2,6-8H2,1H3;3-6,12H,2,7-9H2,1H3;4-6,8,12H,2-3,7,9H2,1H3;2*7-9H,2-6H2,1H3. The third-order valence-corrected chi connectivity index (χ3v) is 17.7. The number of rotatable bonds is 35. The number of ether oxygens (including phenoxy) is 8. The zero-order chi connectivity index (χ0) is 76.8. The van der Waals surface area contributed by atoms with Crippen LogP contribution in [0.3, 0.4) is 0 Å². The topological polar surface area (TPSA) is 236 Å². The first-order valence-corrected chi connectivity index (χ1v) is 39.0. The first kappa shape index (κ1) is 94.0. The minimum absolute atomic E-state index is 0.0160. The third kappa shape index (κ3) is 44.0. The minimum Gasteiger partial charge on any atom is -0.494 e. The summed E-state index contributed by atoms with van der Waals surface area (Å²) in [5.74, 6) is 8.27. The van der Waals surface area contributed by atoms with Crippen molar-refractivity contribution in [1.82, 2.24) is 0 Å². The van der Waals surface area contributed by atoms with Crippen LogP contribution in [0, 0.1) is 29.5 Å². The van der Waals surface area contributed by atoms with Crippen molar-refractivity contribution in [2.45, 2.75) is 188 Å². The summed E-state index contributed by atoms with van der Waals surface area (Å²) in [6.45, 7) is 22.0. The van der Waals surface area contributed by atoms with E-state index in [4.69, 9.17) is 73.6 Å². The highest BCUT2D eigenvalue weighted by Crippen LogP contribution is 2.34.